The molecule has 1 aromatic heterocycles. The number of hydroxylamine groups is 1. The Labute approximate surface area is 260 Å². The zero-order valence-corrected chi connectivity index (χ0v) is 25.4. The van der Waals surface area contributed by atoms with Crippen LogP contribution in [0.15, 0.2) is 48.7 Å². The Bertz CT molecular complexity index is 1530. The lowest BCUT2D eigenvalue weighted by Gasteiger charge is -2.42. The number of anilines is 4. The molecule has 10 nitrogen and oxygen atoms in total. The number of aromatic nitrogens is 2. The average Bonchev–Trinajstić information content (AvgIpc) is 3.55. The van der Waals surface area contributed by atoms with Crippen LogP contribution in [0.2, 0.25) is 0 Å². The van der Waals surface area contributed by atoms with Gasteiger partial charge < -0.3 is 19.9 Å². The molecule has 0 bridgehead atoms. The Morgan fingerprint density at radius 1 is 1.02 bits per heavy atom. The molecule has 0 unspecified atom stereocenters. The first-order valence-electron chi connectivity index (χ1n) is 15.2. The molecular formula is C32H37F3N8O2. The summed E-state index contributed by atoms with van der Waals surface area (Å²) >= 11 is 0. The predicted molar refractivity (Wildman–Crippen MR) is 165 cm³/mol. The standard InChI is InChI=1S/C32H37F3N8O2/c1-40-13-15-41(16-14-40)25-8-11-42(12-9-25)28-7-6-24(19-29(28)44-2)38-31-37-21-26(32(33,34)35)30(39-31)43-27(10-17-45-43)23-5-3-4-22(18-23)20-36/h3-7,18-19,21,25,27H,8-17H2,1-2H3,(H,37,38,39)/t27-/m0/s1. The number of piperazine rings is 1. The number of halogens is 3. The fourth-order valence-electron chi connectivity index (χ4n) is 6.40. The number of nitrogens with zero attached hydrogens (tertiary/aromatic N) is 7. The van der Waals surface area contributed by atoms with Crippen molar-refractivity contribution in [3.05, 3.63) is 65.4 Å². The maximum absolute atomic E-state index is 14.1. The molecule has 13 heteroatoms. The van der Waals surface area contributed by atoms with Crippen LogP contribution in [0.5, 0.6) is 5.75 Å². The van der Waals surface area contributed by atoms with Gasteiger partial charge in [-0.05, 0) is 49.7 Å². The SMILES string of the molecule is COc1cc(Nc2ncc(C(F)(F)F)c(N3OCC[C@H]3c3cccc(C#N)c3)n2)ccc1N1CCC(N2CCN(C)CC2)CC1. The third-order valence-electron chi connectivity index (χ3n) is 8.88. The van der Waals surface area contributed by atoms with Crippen molar-refractivity contribution in [2.75, 3.05) is 75.3 Å². The van der Waals surface area contributed by atoms with Gasteiger partial charge in [-0.2, -0.15) is 23.4 Å². The molecule has 3 aromatic rings. The van der Waals surface area contributed by atoms with E-state index in [0.717, 1.165) is 64.0 Å². The molecule has 2 aromatic carbocycles. The van der Waals surface area contributed by atoms with Crippen LogP contribution in [-0.4, -0.2) is 85.8 Å². The lowest BCUT2D eigenvalue weighted by molar-refractivity contribution is -0.138. The van der Waals surface area contributed by atoms with E-state index in [1.54, 1.807) is 31.4 Å². The summed E-state index contributed by atoms with van der Waals surface area (Å²) < 4.78 is 48.1. The summed E-state index contributed by atoms with van der Waals surface area (Å²) in [4.78, 5) is 21.3. The smallest absolute Gasteiger partial charge is 0.421 e. The van der Waals surface area contributed by atoms with Crippen LogP contribution < -0.4 is 20.0 Å². The minimum atomic E-state index is -4.71. The topological polar surface area (TPSA) is 93.0 Å². The van der Waals surface area contributed by atoms with Gasteiger partial charge in [0.15, 0.2) is 5.82 Å². The van der Waals surface area contributed by atoms with Crippen LogP contribution in [0.25, 0.3) is 0 Å². The summed E-state index contributed by atoms with van der Waals surface area (Å²) in [5.41, 5.74) is 1.62. The molecule has 6 rings (SSSR count). The number of hydrogen-bond donors (Lipinski definition) is 1. The molecule has 1 atom stereocenters. The van der Waals surface area contributed by atoms with Crippen LogP contribution in [0, 0.1) is 11.3 Å². The van der Waals surface area contributed by atoms with Crippen molar-refractivity contribution >= 4 is 23.1 Å². The summed E-state index contributed by atoms with van der Waals surface area (Å²) in [7, 11) is 3.78. The highest BCUT2D eigenvalue weighted by atomic mass is 19.4. The lowest BCUT2D eigenvalue weighted by Crippen LogP contribution is -2.52. The van der Waals surface area contributed by atoms with Crippen LogP contribution in [0.3, 0.4) is 0 Å². The second-order valence-electron chi connectivity index (χ2n) is 11.7. The molecule has 45 heavy (non-hydrogen) atoms. The molecule has 3 aliphatic rings. The number of rotatable bonds is 7. The number of methoxy groups -OCH3 is 1. The van der Waals surface area contributed by atoms with Gasteiger partial charge in [-0.1, -0.05) is 12.1 Å². The molecule has 3 saturated heterocycles. The van der Waals surface area contributed by atoms with Gasteiger partial charge >= 0.3 is 6.18 Å². The van der Waals surface area contributed by atoms with Crippen molar-refractivity contribution in [2.24, 2.45) is 0 Å². The molecule has 0 saturated carbocycles. The van der Waals surface area contributed by atoms with Crippen LogP contribution >= 0.6 is 0 Å². The van der Waals surface area contributed by atoms with Crippen molar-refractivity contribution in [3.8, 4) is 11.8 Å². The Hall–Kier alpha value is -4.12. The fourth-order valence-corrected chi connectivity index (χ4v) is 6.40. The van der Waals surface area contributed by atoms with E-state index in [0.29, 0.717) is 35.0 Å². The normalized spacial score (nSPS) is 20.3. The van der Waals surface area contributed by atoms with Crippen molar-refractivity contribution in [1.29, 1.82) is 5.26 Å². The molecule has 238 valence electrons. The number of nitriles is 1. The lowest BCUT2D eigenvalue weighted by atomic mass is 10.0. The van der Waals surface area contributed by atoms with E-state index in [-0.39, 0.29) is 12.6 Å². The highest BCUT2D eigenvalue weighted by Gasteiger charge is 2.41. The Balaban J connectivity index is 1.20. The number of ether oxygens (including phenoxy) is 1. The van der Waals surface area contributed by atoms with Gasteiger partial charge in [0.25, 0.3) is 0 Å². The number of piperidine rings is 1. The van der Waals surface area contributed by atoms with Crippen molar-refractivity contribution in [3.63, 3.8) is 0 Å². The monoisotopic (exact) mass is 622 g/mol. The first-order valence-corrected chi connectivity index (χ1v) is 15.2. The molecule has 3 fully saturated rings. The molecule has 0 aliphatic carbocycles. The number of nitrogens with one attached hydrogen (secondary N) is 1. The second kappa shape index (κ2) is 13.1. The van der Waals surface area contributed by atoms with E-state index in [9.17, 15) is 18.4 Å². The van der Waals surface area contributed by atoms with Gasteiger partial charge in [0.05, 0.1) is 37.1 Å². The molecule has 0 radical (unpaired) electrons. The van der Waals surface area contributed by atoms with Crippen molar-refractivity contribution in [1.82, 2.24) is 19.8 Å². The Morgan fingerprint density at radius 2 is 1.80 bits per heavy atom. The van der Waals surface area contributed by atoms with E-state index in [1.165, 1.54) is 5.06 Å². The van der Waals surface area contributed by atoms with Gasteiger partial charge in [0.2, 0.25) is 5.95 Å². The summed E-state index contributed by atoms with van der Waals surface area (Å²) in [6.07, 6.45) is -1.35. The Kier molecular flexibility index (Phi) is 8.98. The summed E-state index contributed by atoms with van der Waals surface area (Å²) in [6.45, 7) is 6.47. The molecule has 3 aliphatic heterocycles. The van der Waals surface area contributed by atoms with Crippen molar-refractivity contribution in [2.45, 2.75) is 37.5 Å². The molecular weight excluding hydrogens is 585 g/mol. The van der Waals surface area contributed by atoms with Gasteiger partial charge in [0.1, 0.15) is 11.3 Å². The molecule has 0 amide bonds. The minimum Gasteiger partial charge on any atom is -0.495 e. The fraction of sp³-hybridized carbons (Fsp3) is 0.469. The third-order valence-corrected chi connectivity index (χ3v) is 8.88. The van der Waals surface area contributed by atoms with Gasteiger partial charge in [-0.3, -0.25) is 9.74 Å². The number of alkyl halides is 3. The molecule has 0 spiro atoms. The Morgan fingerprint density at radius 3 is 2.51 bits per heavy atom. The maximum Gasteiger partial charge on any atom is 0.421 e. The first kappa shape index (κ1) is 30.9. The maximum atomic E-state index is 14.1. The zero-order chi connectivity index (χ0) is 31.6. The summed E-state index contributed by atoms with van der Waals surface area (Å²) in [5, 5.41) is 13.6. The van der Waals surface area contributed by atoms with Crippen LogP contribution in [-0.2, 0) is 11.0 Å². The van der Waals surface area contributed by atoms with E-state index in [2.05, 4.69) is 43.1 Å². The number of hydrogen-bond acceptors (Lipinski definition) is 10. The quantitative estimate of drug-likeness (QED) is 0.378. The van der Waals surface area contributed by atoms with E-state index in [4.69, 9.17) is 9.57 Å². The second-order valence-corrected chi connectivity index (χ2v) is 11.7. The zero-order valence-electron chi connectivity index (χ0n) is 25.4. The van der Waals surface area contributed by atoms with Crippen LogP contribution in [0.1, 0.15) is 42.0 Å². The van der Waals surface area contributed by atoms with E-state index in [1.807, 2.05) is 18.2 Å². The number of benzene rings is 2. The van der Waals surface area contributed by atoms with Gasteiger partial charge in [-0.25, -0.2) is 10.0 Å². The largest absolute Gasteiger partial charge is 0.495 e. The van der Waals surface area contributed by atoms with Crippen LogP contribution in [0.4, 0.5) is 36.3 Å². The summed E-state index contributed by atoms with van der Waals surface area (Å²) in [6, 6.07) is 14.5. The average molecular weight is 623 g/mol. The van der Waals surface area contributed by atoms with Gasteiger partial charge in [-0.15, -0.1) is 0 Å². The highest BCUT2D eigenvalue weighted by Crippen LogP contribution is 2.42. The van der Waals surface area contributed by atoms with Crippen molar-refractivity contribution < 1.29 is 22.7 Å². The molecule has 4 heterocycles. The highest BCUT2D eigenvalue weighted by molar-refractivity contribution is 5.68. The van der Waals surface area contributed by atoms with E-state index >= 15 is 0 Å². The first-order chi connectivity index (χ1) is 21.7. The van der Waals surface area contributed by atoms with E-state index < -0.39 is 23.6 Å². The van der Waals surface area contributed by atoms with Gasteiger partial charge in [0, 0.05) is 69.7 Å². The summed E-state index contributed by atoms with van der Waals surface area (Å²) in [5.74, 6) is 0.253. The number of likely N-dealkylation sites (N-methyl/N-ethyl adjacent to an activating group) is 1. The minimum absolute atomic E-state index is 0.0131. The third kappa shape index (κ3) is 6.78. The molecule has 1 N–H and O–H groups in total. The predicted octanol–water partition coefficient (Wildman–Crippen LogP) is 5.22.